The van der Waals surface area contributed by atoms with Gasteiger partial charge in [-0.3, -0.25) is 4.98 Å². The van der Waals surface area contributed by atoms with E-state index in [1.807, 2.05) is 0 Å². The molecule has 0 amide bonds. The third kappa shape index (κ3) is 1.89. The van der Waals surface area contributed by atoms with E-state index in [1.54, 1.807) is 18.6 Å². The van der Waals surface area contributed by atoms with Gasteiger partial charge < -0.3 is 5.32 Å². The van der Waals surface area contributed by atoms with Crippen LogP contribution in [0.3, 0.4) is 0 Å². The van der Waals surface area contributed by atoms with Crippen molar-refractivity contribution in [1.82, 2.24) is 9.97 Å². The molecule has 16 heavy (non-hydrogen) atoms. The summed E-state index contributed by atoms with van der Waals surface area (Å²) in [6.45, 7) is 0. The normalized spacial score (nSPS) is 22.8. The lowest BCUT2D eigenvalue weighted by Crippen LogP contribution is -2.05. The van der Waals surface area contributed by atoms with E-state index in [4.69, 9.17) is 0 Å². The number of benzene rings is 1. The maximum atomic E-state index is 4.21. The van der Waals surface area contributed by atoms with Gasteiger partial charge in [-0.25, -0.2) is 4.98 Å². The highest BCUT2D eigenvalue weighted by atomic mass is 15.1. The van der Waals surface area contributed by atoms with Crippen molar-refractivity contribution in [2.45, 2.75) is 18.4 Å². The lowest BCUT2D eigenvalue weighted by Gasteiger charge is -2.03. The zero-order chi connectivity index (χ0) is 10.8. The molecule has 3 heteroatoms. The predicted octanol–water partition coefficient (Wildman–Crippen LogP) is 2.44. The standard InChI is InChI=1S/C13H13N3/c1-2-4-10(5-3-1)11-8-12(11)16-13-9-14-6-7-15-13/h1-7,9,11-12H,8H2,(H,15,16). The fraction of sp³-hybridized carbons (Fsp3) is 0.231. The summed E-state index contributed by atoms with van der Waals surface area (Å²) in [4.78, 5) is 8.25. The van der Waals surface area contributed by atoms with Gasteiger partial charge in [-0.05, 0) is 12.0 Å². The van der Waals surface area contributed by atoms with Crippen molar-refractivity contribution in [1.29, 1.82) is 0 Å². The molecule has 0 bridgehead atoms. The average molecular weight is 211 g/mol. The lowest BCUT2D eigenvalue weighted by atomic mass is 10.1. The molecule has 2 unspecified atom stereocenters. The smallest absolute Gasteiger partial charge is 0.144 e. The fourth-order valence-electron chi connectivity index (χ4n) is 1.99. The van der Waals surface area contributed by atoms with Crippen molar-refractivity contribution < 1.29 is 0 Å². The van der Waals surface area contributed by atoms with Crippen molar-refractivity contribution in [2.75, 3.05) is 5.32 Å². The van der Waals surface area contributed by atoms with Crippen LogP contribution in [0.4, 0.5) is 5.82 Å². The number of nitrogens with one attached hydrogen (secondary N) is 1. The van der Waals surface area contributed by atoms with E-state index >= 15 is 0 Å². The monoisotopic (exact) mass is 211 g/mol. The van der Waals surface area contributed by atoms with Crippen LogP contribution in [0.2, 0.25) is 0 Å². The average Bonchev–Trinajstić information content (AvgIpc) is 3.11. The van der Waals surface area contributed by atoms with Crippen LogP contribution in [0, 0.1) is 0 Å². The number of aromatic nitrogens is 2. The molecule has 3 rings (SSSR count). The van der Waals surface area contributed by atoms with E-state index < -0.39 is 0 Å². The first-order valence-corrected chi connectivity index (χ1v) is 5.51. The van der Waals surface area contributed by atoms with Crippen LogP contribution < -0.4 is 5.32 Å². The minimum absolute atomic E-state index is 0.513. The first kappa shape index (κ1) is 9.33. The Labute approximate surface area is 94.6 Å². The van der Waals surface area contributed by atoms with Crippen molar-refractivity contribution in [3.05, 3.63) is 54.5 Å². The first-order valence-electron chi connectivity index (χ1n) is 5.51. The van der Waals surface area contributed by atoms with Crippen LogP contribution in [0.5, 0.6) is 0 Å². The molecule has 0 aliphatic heterocycles. The Morgan fingerprint density at radius 3 is 2.75 bits per heavy atom. The van der Waals surface area contributed by atoms with E-state index in [-0.39, 0.29) is 0 Å². The molecule has 1 aliphatic carbocycles. The minimum Gasteiger partial charge on any atom is -0.365 e. The molecule has 1 aliphatic rings. The van der Waals surface area contributed by atoms with E-state index in [1.165, 1.54) is 12.0 Å². The number of hydrogen-bond donors (Lipinski definition) is 1. The van der Waals surface area contributed by atoms with Gasteiger partial charge in [0.25, 0.3) is 0 Å². The Bertz CT molecular complexity index is 455. The minimum atomic E-state index is 0.513. The first-order chi connectivity index (χ1) is 7.93. The Morgan fingerprint density at radius 1 is 1.12 bits per heavy atom. The molecular weight excluding hydrogens is 198 g/mol. The third-order valence-corrected chi connectivity index (χ3v) is 2.91. The van der Waals surface area contributed by atoms with E-state index in [9.17, 15) is 0 Å². The molecule has 80 valence electrons. The summed E-state index contributed by atoms with van der Waals surface area (Å²) in [5.41, 5.74) is 1.41. The van der Waals surface area contributed by atoms with Crippen LogP contribution in [-0.4, -0.2) is 16.0 Å². The molecule has 1 N–H and O–H groups in total. The van der Waals surface area contributed by atoms with E-state index in [0.717, 1.165) is 5.82 Å². The molecule has 0 spiro atoms. The topological polar surface area (TPSA) is 37.8 Å². The second-order valence-electron chi connectivity index (χ2n) is 4.09. The van der Waals surface area contributed by atoms with Crippen LogP contribution >= 0.6 is 0 Å². The maximum Gasteiger partial charge on any atom is 0.144 e. The SMILES string of the molecule is c1ccc(C2CC2Nc2cnccn2)cc1. The van der Waals surface area contributed by atoms with Gasteiger partial charge in [-0.1, -0.05) is 30.3 Å². The molecule has 1 heterocycles. The van der Waals surface area contributed by atoms with Gasteiger partial charge in [0.05, 0.1) is 6.20 Å². The highest BCUT2D eigenvalue weighted by Gasteiger charge is 2.38. The summed E-state index contributed by atoms with van der Waals surface area (Å²) in [6.07, 6.45) is 6.34. The third-order valence-electron chi connectivity index (χ3n) is 2.91. The second kappa shape index (κ2) is 3.93. The van der Waals surface area contributed by atoms with Gasteiger partial charge in [0.2, 0.25) is 0 Å². The quantitative estimate of drug-likeness (QED) is 0.847. The summed E-state index contributed by atoms with van der Waals surface area (Å²) in [5.74, 6) is 1.49. The Morgan fingerprint density at radius 2 is 2.00 bits per heavy atom. The summed E-state index contributed by atoms with van der Waals surface area (Å²) in [5, 5.41) is 3.39. The summed E-state index contributed by atoms with van der Waals surface area (Å²) < 4.78 is 0. The van der Waals surface area contributed by atoms with Crippen molar-refractivity contribution in [3.63, 3.8) is 0 Å². The second-order valence-corrected chi connectivity index (χ2v) is 4.09. The Balaban J connectivity index is 1.65. The molecule has 2 atom stereocenters. The molecule has 1 saturated carbocycles. The van der Waals surface area contributed by atoms with Gasteiger partial charge in [-0.2, -0.15) is 0 Å². The van der Waals surface area contributed by atoms with Crippen LogP contribution in [0.1, 0.15) is 17.9 Å². The van der Waals surface area contributed by atoms with Crippen molar-refractivity contribution >= 4 is 5.82 Å². The van der Waals surface area contributed by atoms with Crippen LogP contribution in [0.25, 0.3) is 0 Å². The maximum absolute atomic E-state index is 4.21. The molecule has 1 fully saturated rings. The van der Waals surface area contributed by atoms with Gasteiger partial charge in [0.15, 0.2) is 0 Å². The summed E-state index contributed by atoms with van der Waals surface area (Å²) in [7, 11) is 0. The van der Waals surface area contributed by atoms with Gasteiger partial charge >= 0.3 is 0 Å². The molecule has 3 nitrogen and oxygen atoms in total. The highest BCUT2D eigenvalue weighted by molar-refractivity contribution is 5.39. The number of nitrogens with zero attached hydrogens (tertiary/aromatic N) is 2. The van der Waals surface area contributed by atoms with Crippen molar-refractivity contribution in [3.8, 4) is 0 Å². The summed E-state index contributed by atoms with van der Waals surface area (Å²) in [6, 6.07) is 11.1. The molecule has 1 aromatic carbocycles. The molecule has 1 aromatic heterocycles. The zero-order valence-electron chi connectivity index (χ0n) is 8.88. The largest absolute Gasteiger partial charge is 0.365 e. The van der Waals surface area contributed by atoms with Crippen LogP contribution in [0.15, 0.2) is 48.9 Å². The van der Waals surface area contributed by atoms with E-state index in [2.05, 4.69) is 45.6 Å². The van der Waals surface area contributed by atoms with Gasteiger partial charge in [0, 0.05) is 24.4 Å². The predicted molar refractivity (Wildman–Crippen MR) is 63.2 cm³/mol. The Kier molecular flexibility index (Phi) is 2.29. The van der Waals surface area contributed by atoms with Crippen molar-refractivity contribution in [2.24, 2.45) is 0 Å². The molecule has 2 aromatic rings. The molecule has 0 radical (unpaired) electrons. The molecule has 0 saturated heterocycles. The zero-order valence-corrected chi connectivity index (χ0v) is 8.88. The number of hydrogen-bond acceptors (Lipinski definition) is 3. The van der Waals surface area contributed by atoms with E-state index in [0.29, 0.717) is 12.0 Å². The lowest BCUT2D eigenvalue weighted by molar-refractivity contribution is 1.02. The fourth-order valence-corrected chi connectivity index (χ4v) is 1.99. The van der Waals surface area contributed by atoms with Gasteiger partial charge in [-0.15, -0.1) is 0 Å². The number of rotatable bonds is 3. The summed E-state index contributed by atoms with van der Waals surface area (Å²) >= 11 is 0. The highest BCUT2D eigenvalue weighted by Crippen LogP contribution is 2.42. The van der Waals surface area contributed by atoms with Crippen LogP contribution in [-0.2, 0) is 0 Å². The Hall–Kier alpha value is -1.90. The number of anilines is 1. The van der Waals surface area contributed by atoms with Gasteiger partial charge in [0.1, 0.15) is 5.82 Å². The molecular formula is C13H13N3.